The number of aliphatic hydroxyl groups excluding tert-OH is 1. The van der Waals surface area contributed by atoms with Gasteiger partial charge in [0.2, 0.25) is 0 Å². The molecule has 0 spiro atoms. The number of H-pyrrole nitrogens is 1. The smallest absolute Gasteiger partial charge is 0.0926 e. The lowest BCUT2D eigenvalue weighted by molar-refractivity contribution is 0.276. The van der Waals surface area contributed by atoms with Crippen LogP contribution < -0.4 is 0 Å². The minimum Gasteiger partial charge on any atom is -0.390 e. The van der Waals surface area contributed by atoms with E-state index < -0.39 is 0 Å². The van der Waals surface area contributed by atoms with Gasteiger partial charge in [0.05, 0.1) is 29.8 Å². The van der Waals surface area contributed by atoms with Crippen molar-refractivity contribution in [3.05, 3.63) is 59.8 Å². The second-order valence-electron chi connectivity index (χ2n) is 4.57. The average Bonchev–Trinajstić information content (AvgIpc) is 2.94. The van der Waals surface area contributed by atoms with Crippen molar-refractivity contribution in [1.29, 1.82) is 0 Å². The molecule has 0 amide bonds. The van der Waals surface area contributed by atoms with Crippen molar-refractivity contribution >= 4 is 10.9 Å². The largest absolute Gasteiger partial charge is 0.390 e. The van der Waals surface area contributed by atoms with Gasteiger partial charge >= 0.3 is 0 Å². The number of benzene rings is 1. The Balaban J connectivity index is 2.14. The van der Waals surface area contributed by atoms with Crippen LogP contribution in [0, 0.1) is 0 Å². The van der Waals surface area contributed by atoms with Gasteiger partial charge in [0.25, 0.3) is 0 Å². The molecule has 0 aliphatic heterocycles. The van der Waals surface area contributed by atoms with E-state index in [9.17, 15) is 5.11 Å². The predicted molar refractivity (Wildman–Crippen MR) is 73.8 cm³/mol. The third kappa shape index (κ3) is 2.00. The third-order valence-corrected chi connectivity index (χ3v) is 3.45. The van der Waals surface area contributed by atoms with E-state index in [-0.39, 0.29) is 12.5 Å². The summed E-state index contributed by atoms with van der Waals surface area (Å²) in [5.74, 6) is 0.0898. The Kier molecular flexibility index (Phi) is 3.01. The Morgan fingerprint density at radius 3 is 2.89 bits per heavy atom. The van der Waals surface area contributed by atoms with E-state index in [1.807, 2.05) is 12.1 Å². The van der Waals surface area contributed by atoms with E-state index in [4.69, 9.17) is 0 Å². The van der Waals surface area contributed by atoms with Crippen LogP contribution >= 0.6 is 0 Å². The molecule has 0 aliphatic rings. The maximum absolute atomic E-state index is 9.33. The number of para-hydroxylation sites is 1. The summed E-state index contributed by atoms with van der Waals surface area (Å²) in [7, 11) is 0. The van der Waals surface area contributed by atoms with E-state index in [0.29, 0.717) is 0 Å². The molecule has 0 saturated heterocycles. The molecule has 1 atom stereocenters. The molecular weight excluding hydrogens is 238 g/mol. The molecule has 1 unspecified atom stereocenters. The molecule has 1 aromatic carbocycles. The number of aliphatic hydroxyl groups is 1. The lowest BCUT2D eigenvalue weighted by atomic mass is 9.94. The van der Waals surface area contributed by atoms with E-state index in [1.165, 1.54) is 0 Å². The second-order valence-corrected chi connectivity index (χ2v) is 4.57. The third-order valence-electron chi connectivity index (χ3n) is 3.45. The zero-order valence-electron chi connectivity index (χ0n) is 10.7. The van der Waals surface area contributed by atoms with Gasteiger partial charge < -0.3 is 10.1 Å². The van der Waals surface area contributed by atoms with Gasteiger partial charge in [0.15, 0.2) is 0 Å². The van der Waals surface area contributed by atoms with Crippen molar-refractivity contribution in [1.82, 2.24) is 15.0 Å². The topological polar surface area (TPSA) is 61.8 Å². The highest BCUT2D eigenvalue weighted by Gasteiger charge is 2.17. The van der Waals surface area contributed by atoms with E-state index in [0.717, 1.165) is 27.9 Å². The molecule has 96 valence electrons. The number of aromatic nitrogens is 3. The van der Waals surface area contributed by atoms with Crippen molar-refractivity contribution in [3.8, 4) is 0 Å². The number of hydrogen-bond donors (Lipinski definition) is 2. The second kappa shape index (κ2) is 4.82. The highest BCUT2D eigenvalue weighted by Crippen LogP contribution is 2.29. The molecule has 0 saturated carbocycles. The number of hydrogen-bond acceptors (Lipinski definition) is 3. The van der Waals surface area contributed by atoms with E-state index in [1.54, 1.807) is 12.5 Å². The number of aromatic amines is 1. The molecule has 0 fully saturated rings. The van der Waals surface area contributed by atoms with Crippen molar-refractivity contribution in [3.63, 3.8) is 0 Å². The average molecular weight is 253 g/mol. The van der Waals surface area contributed by atoms with Crippen molar-refractivity contribution in [2.45, 2.75) is 19.4 Å². The summed E-state index contributed by atoms with van der Waals surface area (Å²) in [6.07, 6.45) is 3.42. The van der Waals surface area contributed by atoms with Crippen LogP contribution in [0.15, 0.2) is 42.9 Å². The van der Waals surface area contributed by atoms with Gasteiger partial charge in [-0.3, -0.25) is 4.98 Å². The first-order chi connectivity index (χ1) is 9.31. The monoisotopic (exact) mass is 253 g/mol. The molecule has 4 nitrogen and oxygen atoms in total. The van der Waals surface area contributed by atoms with Crippen LogP contribution in [0.3, 0.4) is 0 Å². The maximum Gasteiger partial charge on any atom is 0.0926 e. The molecule has 2 aromatic heterocycles. The van der Waals surface area contributed by atoms with Gasteiger partial charge in [-0.1, -0.05) is 31.2 Å². The molecular formula is C15H15N3O. The molecule has 0 bridgehead atoms. The van der Waals surface area contributed by atoms with Gasteiger partial charge in [-0.05, 0) is 11.6 Å². The molecule has 19 heavy (non-hydrogen) atoms. The van der Waals surface area contributed by atoms with Gasteiger partial charge in [-0.25, -0.2) is 4.98 Å². The van der Waals surface area contributed by atoms with Gasteiger partial charge in [0.1, 0.15) is 0 Å². The van der Waals surface area contributed by atoms with Crippen LogP contribution in [0.5, 0.6) is 0 Å². The normalized spacial score (nSPS) is 12.7. The van der Waals surface area contributed by atoms with Crippen LogP contribution in [0.25, 0.3) is 10.9 Å². The molecule has 3 rings (SSSR count). The number of fused-ring (bicyclic) bond motifs is 1. The fraction of sp³-hybridized carbons (Fsp3) is 0.200. The summed E-state index contributed by atoms with van der Waals surface area (Å²) in [6.45, 7) is 2.05. The summed E-state index contributed by atoms with van der Waals surface area (Å²) >= 11 is 0. The molecule has 0 radical (unpaired) electrons. The van der Waals surface area contributed by atoms with Gasteiger partial charge in [-0.2, -0.15) is 0 Å². The standard InChI is InChI=1S/C15H15N3O/c1-10(14-13(8-19)17-9-18-14)12-6-2-4-11-5-3-7-16-15(11)12/h2-7,9-10,19H,8H2,1H3,(H,17,18). The molecule has 2 N–H and O–H groups in total. The molecule has 3 aromatic rings. The fourth-order valence-corrected chi connectivity index (χ4v) is 2.46. The van der Waals surface area contributed by atoms with Crippen molar-refractivity contribution < 1.29 is 5.11 Å². The Morgan fingerprint density at radius 1 is 1.21 bits per heavy atom. The van der Waals surface area contributed by atoms with Crippen LogP contribution in [-0.2, 0) is 6.61 Å². The van der Waals surface area contributed by atoms with E-state index >= 15 is 0 Å². The zero-order valence-corrected chi connectivity index (χ0v) is 10.7. The zero-order chi connectivity index (χ0) is 13.2. The Hall–Kier alpha value is -2.20. The van der Waals surface area contributed by atoms with Crippen LogP contribution in [0.1, 0.15) is 29.8 Å². The van der Waals surface area contributed by atoms with Gasteiger partial charge in [0, 0.05) is 17.5 Å². The Morgan fingerprint density at radius 2 is 2.05 bits per heavy atom. The SMILES string of the molecule is CC(c1nc[nH]c1CO)c1cccc2cccnc12. The summed E-state index contributed by atoms with van der Waals surface area (Å²) in [5, 5.41) is 10.4. The first-order valence-electron chi connectivity index (χ1n) is 6.28. The lowest BCUT2D eigenvalue weighted by Gasteiger charge is -2.13. The molecule has 0 aliphatic carbocycles. The van der Waals surface area contributed by atoms with Crippen molar-refractivity contribution in [2.24, 2.45) is 0 Å². The Labute approximate surface area is 111 Å². The van der Waals surface area contributed by atoms with Crippen LogP contribution in [-0.4, -0.2) is 20.1 Å². The summed E-state index contributed by atoms with van der Waals surface area (Å²) in [5.41, 5.74) is 3.75. The quantitative estimate of drug-likeness (QED) is 0.754. The number of rotatable bonds is 3. The highest BCUT2D eigenvalue weighted by molar-refractivity contribution is 5.82. The molecule has 2 heterocycles. The lowest BCUT2D eigenvalue weighted by Crippen LogP contribution is -2.02. The predicted octanol–water partition coefficient (Wildman–Crippen LogP) is 2.60. The van der Waals surface area contributed by atoms with E-state index in [2.05, 4.69) is 40.1 Å². The maximum atomic E-state index is 9.33. The Bertz CT molecular complexity index is 700. The fourth-order valence-electron chi connectivity index (χ4n) is 2.46. The van der Waals surface area contributed by atoms with Crippen LogP contribution in [0.4, 0.5) is 0 Å². The summed E-state index contributed by atoms with van der Waals surface area (Å²) in [6, 6.07) is 10.1. The number of pyridine rings is 1. The first kappa shape index (κ1) is 11.9. The number of nitrogens with zero attached hydrogens (tertiary/aromatic N) is 2. The highest BCUT2D eigenvalue weighted by atomic mass is 16.3. The van der Waals surface area contributed by atoms with Crippen LogP contribution in [0.2, 0.25) is 0 Å². The minimum atomic E-state index is -0.0299. The van der Waals surface area contributed by atoms with Gasteiger partial charge in [-0.15, -0.1) is 0 Å². The van der Waals surface area contributed by atoms with Crippen molar-refractivity contribution in [2.75, 3.05) is 0 Å². The number of nitrogens with one attached hydrogen (secondary N) is 1. The first-order valence-corrected chi connectivity index (χ1v) is 6.28. The minimum absolute atomic E-state index is 0.0299. The molecule has 4 heteroatoms. The summed E-state index contributed by atoms with van der Waals surface area (Å²) < 4.78 is 0. The number of imidazole rings is 1. The summed E-state index contributed by atoms with van der Waals surface area (Å²) in [4.78, 5) is 11.8.